The summed E-state index contributed by atoms with van der Waals surface area (Å²) in [5, 5.41) is 44.9. The second kappa shape index (κ2) is 8.78. The van der Waals surface area contributed by atoms with E-state index in [9.17, 15) is 50.0 Å². The number of rotatable bonds is 9. The summed E-state index contributed by atoms with van der Waals surface area (Å²) in [5.41, 5.74) is -5.60. The maximum absolute atomic E-state index is 12.6. The highest BCUT2D eigenvalue weighted by Crippen LogP contribution is 2.40. The third-order valence-corrected chi connectivity index (χ3v) is 4.03. The van der Waals surface area contributed by atoms with Gasteiger partial charge in [0.05, 0.1) is 33.9 Å². The van der Waals surface area contributed by atoms with Crippen LogP contribution >= 0.6 is 0 Å². The maximum Gasteiger partial charge on any atom is 0.319 e. The quantitative estimate of drug-likeness (QED) is 0.232. The molecule has 0 N–H and O–H groups in total. The number of nitro groups is 4. The Hall–Kier alpha value is -5.02. The average molecular weight is 450 g/mol. The number of methoxy groups -OCH3 is 2. The number of ketones is 2. The summed E-state index contributed by atoms with van der Waals surface area (Å²) >= 11 is 0. The van der Waals surface area contributed by atoms with E-state index < -0.39 is 76.6 Å². The van der Waals surface area contributed by atoms with E-state index in [0.717, 1.165) is 14.2 Å². The van der Waals surface area contributed by atoms with Crippen molar-refractivity contribution in [2.75, 3.05) is 14.2 Å². The molecule has 32 heavy (non-hydrogen) atoms. The number of carbonyl (C=O) groups excluding carboxylic acids is 2. The van der Waals surface area contributed by atoms with Gasteiger partial charge in [-0.05, 0) is 0 Å². The van der Waals surface area contributed by atoms with E-state index in [4.69, 9.17) is 0 Å². The third kappa shape index (κ3) is 4.13. The molecule has 0 fully saturated rings. The summed E-state index contributed by atoms with van der Waals surface area (Å²) in [6, 6.07) is 2.16. The van der Waals surface area contributed by atoms with Gasteiger partial charge in [0.25, 0.3) is 11.5 Å². The number of nitrogens with zero attached hydrogens (tertiary/aromatic N) is 4. The van der Waals surface area contributed by atoms with Crippen molar-refractivity contribution in [3.8, 4) is 11.5 Å². The van der Waals surface area contributed by atoms with Crippen molar-refractivity contribution in [2.45, 2.75) is 0 Å². The molecule has 16 nitrogen and oxygen atoms in total. The molecule has 0 aliphatic rings. The third-order valence-electron chi connectivity index (χ3n) is 4.03. The zero-order chi connectivity index (χ0) is 24.3. The lowest BCUT2D eigenvalue weighted by Gasteiger charge is -2.07. The zero-order valence-electron chi connectivity index (χ0n) is 16.0. The lowest BCUT2D eigenvalue weighted by atomic mass is 9.99. The molecule has 2 aromatic carbocycles. The van der Waals surface area contributed by atoms with Crippen molar-refractivity contribution >= 4 is 34.3 Å². The number of ether oxygens (including phenoxy) is 2. The first-order valence-electron chi connectivity index (χ1n) is 8.05. The summed E-state index contributed by atoms with van der Waals surface area (Å²) < 4.78 is 9.29. The number of nitro benzene ring substituents is 4. The van der Waals surface area contributed by atoms with E-state index in [1.807, 2.05) is 0 Å². The number of hydrogen-bond donors (Lipinski definition) is 0. The SMILES string of the molecule is COc1c([N+](=O)[O-])cc(C(=O)C(=O)c2cc([N+](=O)[O-])c(OC)c([N+](=O)[O-])c2)cc1[N+](=O)[O-]. The first-order valence-corrected chi connectivity index (χ1v) is 8.05. The fourth-order valence-electron chi connectivity index (χ4n) is 2.68. The normalized spacial score (nSPS) is 10.2. The molecule has 0 amide bonds. The molecule has 166 valence electrons. The van der Waals surface area contributed by atoms with E-state index in [2.05, 4.69) is 9.47 Å². The van der Waals surface area contributed by atoms with Gasteiger partial charge in [-0.15, -0.1) is 0 Å². The van der Waals surface area contributed by atoms with E-state index in [0.29, 0.717) is 24.3 Å². The molecular formula is C16H10N4O12. The second-order valence-electron chi connectivity index (χ2n) is 5.78. The Morgan fingerprint density at radius 3 is 0.969 bits per heavy atom. The summed E-state index contributed by atoms with van der Waals surface area (Å²) in [6.45, 7) is 0. The van der Waals surface area contributed by atoms with E-state index in [1.165, 1.54) is 0 Å². The fourth-order valence-corrected chi connectivity index (χ4v) is 2.68. The predicted octanol–water partition coefficient (Wildman–Crippen LogP) is 2.40. The van der Waals surface area contributed by atoms with Crippen LogP contribution < -0.4 is 9.47 Å². The molecule has 0 atom stereocenters. The molecule has 0 unspecified atom stereocenters. The molecule has 16 heteroatoms. The van der Waals surface area contributed by atoms with E-state index in [-0.39, 0.29) is 0 Å². The van der Waals surface area contributed by atoms with Crippen LogP contribution in [0, 0.1) is 40.5 Å². The molecule has 0 bridgehead atoms. The summed E-state index contributed by atoms with van der Waals surface area (Å²) in [6.07, 6.45) is 0. The van der Waals surface area contributed by atoms with E-state index >= 15 is 0 Å². The smallest absolute Gasteiger partial charge is 0.319 e. The molecule has 0 saturated heterocycles. The number of Topliss-reactive ketones (excluding diaryl/α,β-unsaturated/α-hetero) is 2. The Morgan fingerprint density at radius 2 is 0.812 bits per heavy atom. The molecule has 0 spiro atoms. The van der Waals surface area contributed by atoms with Crippen molar-refractivity contribution in [1.82, 2.24) is 0 Å². The van der Waals surface area contributed by atoms with Gasteiger partial charge in [-0.3, -0.25) is 50.0 Å². The predicted molar refractivity (Wildman–Crippen MR) is 101 cm³/mol. The number of carbonyl (C=O) groups is 2. The highest BCUT2D eigenvalue weighted by molar-refractivity contribution is 6.49. The molecule has 0 aliphatic carbocycles. The molecular weight excluding hydrogens is 440 g/mol. The standard InChI is InChI=1S/C16H10N4O12/c1-31-15-9(17(23)24)3-7(4-10(15)18(25)26)13(21)14(22)8-5-11(19(27)28)16(32-2)12(6-8)20(29)30/h3-6H,1-2H3. The van der Waals surface area contributed by atoms with E-state index in [1.54, 1.807) is 0 Å². The topological polar surface area (TPSA) is 225 Å². The minimum absolute atomic E-state index is 0.540. The van der Waals surface area contributed by atoms with Crippen molar-refractivity contribution in [1.29, 1.82) is 0 Å². The Bertz CT molecular complexity index is 1040. The van der Waals surface area contributed by atoms with Crippen LogP contribution in [0.25, 0.3) is 0 Å². The van der Waals surface area contributed by atoms with Crippen molar-refractivity contribution in [3.05, 3.63) is 75.8 Å². The monoisotopic (exact) mass is 450 g/mol. The van der Waals surface area contributed by atoms with Gasteiger partial charge in [-0.25, -0.2) is 0 Å². The fraction of sp³-hybridized carbons (Fsp3) is 0.125. The zero-order valence-corrected chi connectivity index (χ0v) is 16.0. The minimum atomic E-state index is -1.55. The Balaban J connectivity index is 2.71. The number of hydrogen-bond acceptors (Lipinski definition) is 12. The van der Waals surface area contributed by atoms with Gasteiger partial charge < -0.3 is 9.47 Å². The van der Waals surface area contributed by atoms with Gasteiger partial charge in [0, 0.05) is 35.4 Å². The lowest BCUT2D eigenvalue weighted by molar-refractivity contribution is -0.396. The van der Waals surface area contributed by atoms with Gasteiger partial charge >= 0.3 is 22.7 Å². The van der Waals surface area contributed by atoms with Gasteiger partial charge in [0.2, 0.25) is 11.6 Å². The molecule has 0 saturated carbocycles. The van der Waals surface area contributed by atoms with Crippen LogP contribution in [0.3, 0.4) is 0 Å². The highest BCUT2D eigenvalue weighted by Gasteiger charge is 2.34. The summed E-state index contributed by atoms with van der Waals surface area (Å²) in [4.78, 5) is 65.8. The van der Waals surface area contributed by atoms with Gasteiger partial charge in [-0.2, -0.15) is 0 Å². The van der Waals surface area contributed by atoms with Gasteiger partial charge in [0.1, 0.15) is 0 Å². The second-order valence-corrected chi connectivity index (χ2v) is 5.78. The van der Waals surface area contributed by atoms with Crippen LogP contribution in [-0.4, -0.2) is 45.5 Å². The minimum Gasteiger partial charge on any atom is -0.485 e. The van der Waals surface area contributed by atoms with Crippen LogP contribution in [0.2, 0.25) is 0 Å². The Kier molecular flexibility index (Phi) is 6.38. The van der Waals surface area contributed by atoms with Gasteiger partial charge in [0.15, 0.2) is 0 Å². The molecule has 0 radical (unpaired) electrons. The van der Waals surface area contributed by atoms with Crippen molar-refractivity contribution in [2.24, 2.45) is 0 Å². The highest BCUT2D eigenvalue weighted by atomic mass is 16.6. The molecule has 0 aromatic heterocycles. The Morgan fingerprint density at radius 1 is 0.594 bits per heavy atom. The number of benzene rings is 2. The van der Waals surface area contributed by atoms with Gasteiger partial charge in [-0.1, -0.05) is 0 Å². The van der Waals surface area contributed by atoms with Crippen LogP contribution in [0.5, 0.6) is 11.5 Å². The average Bonchev–Trinajstić information content (AvgIpc) is 2.75. The lowest BCUT2D eigenvalue weighted by Crippen LogP contribution is -2.16. The largest absolute Gasteiger partial charge is 0.485 e. The molecule has 0 aliphatic heterocycles. The van der Waals surface area contributed by atoms with Crippen molar-refractivity contribution < 1.29 is 38.8 Å². The molecule has 0 heterocycles. The van der Waals surface area contributed by atoms with Crippen LogP contribution in [0.15, 0.2) is 24.3 Å². The maximum atomic E-state index is 12.6. The summed E-state index contributed by atoms with van der Waals surface area (Å²) in [7, 11) is 1.83. The van der Waals surface area contributed by atoms with Crippen LogP contribution in [0.4, 0.5) is 22.7 Å². The molecule has 2 aromatic rings. The Labute approximate surface area is 175 Å². The summed E-state index contributed by atoms with van der Waals surface area (Å²) in [5.74, 6) is -4.65. The molecule has 2 rings (SSSR count). The first-order chi connectivity index (χ1) is 14.9. The van der Waals surface area contributed by atoms with Crippen LogP contribution in [-0.2, 0) is 0 Å². The van der Waals surface area contributed by atoms with Crippen molar-refractivity contribution in [3.63, 3.8) is 0 Å². The van der Waals surface area contributed by atoms with Crippen LogP contribution in [0.1, 0.15) is 20.7 Å². The first kappa shape index (κ1) is 23.3.